The molecule has 3 aromatic rings. The van der Waals surface area contributed by atoms with Gasteiger partial charge in [0.15, 0.2) is 17.4 Å². The summed E-state index contributed by atoms with van der Waals surface area (Å²) in [5.41, 5.74) is 3.61. The van der Waals surface area contributed by atoms with E-state index >= 15 is 0 Å². The molecule has 1 aromatic carbocycles. The first-order chi connectivity index (χ1) is 14.7. The first-order valence-electron chi connectivity index (χ1n) is 10.7. The highest BCUT2D eigenvalue weighted by molar-refractivity contribution is 5.79. The average molecular weight is 407 g/mol. The molecule has 0 aliphatic carbocycles. The first kappa shape index (κ1) is 20.3. The summed E-state index contributed by atoms with van der Waals surface area (Å²) in [7, 11) is 0. The second kappa shape index (κ2) is 9.26. The van der Waals surface area contributed by atoms with Crippen LogP contribution in [0.1, 0.15) is 36.7 Å². The number of ether oxygens (including phenoxy) is 1. The van der Waals surface area contributed by atoms with Crippen molar-refractivity contribution in [3.63, 3.8) is 0 Å². The fraction of sp³-hybridized carbons (Fsp3) is 0.435. The number of nitrogens with zero attached hydrogens (tertiary/aromatic N) is 4. The quantitative estimate of drug-likeness (QED) is 0.486. The highest BCUT2D eigenvalue weighted by Crippen LogP contribution is 2.36. The summed E-state index contributed by atoms with van der Waals surface area (Å²) in [5, 5.41) is 15.5. The van der Waals surface area contributed by atoms with Gasteiger partial charge in [-0.05, 0) is 49.9 Å². The SMILES string of the molecule is CCNC(=NCc1nnc2ccccn12)NCC1(c2ccccc2C)CCOCC1. The summed E-state index contributed by atoms with van der Waals surface area (Å²) < 4.78 is 7.66. The van der Waals surface area contributed by atoms with Crippen LogP contribution in [0.15, 0.2) is 53.7 Å². The van der Waals surface area contributed by atoms with E-state index in [0.717, 1.165) is 56.6 Å². The molecule has 7 nitrogen and oxygen atoms in total. The number of guanidine groups is 1. The van der Waals surface area contributed by atoms with Crippen molar-refractivity contribution >= 4 is 11.6 Å². The summed E-state index contributed by atoms with van der Waals surface area (Å²) in [5.74, 6) is 1.62. The number of fused-ring (bicyclic) bond motifs is 1. The maximum atomic E-state index is 5.69. The fourth-order valence-corrected chi connectivity index (χ4v) is 4.21. The molecule has 2 aromatic heterocycles. The lowest BCUT2D eigenvalue weighted by molar-refractivity contribution is 0.0512. The Bertz CT molecular complexity index is 1010. The Morgan fingerprint density at radius 3 is 2.70 bits per heavy atom. The lowest BCUT2D eigenvalue weighted by atomic mass is 9.72. The molecule has 1 fully saturated rings. The van der Waals surface area contributed by atoms with Crippen LogP contribution in [0, 0.1) is 6.92 Å². The molecule has 0 atom stereocenters. The first-order valence-corrected chi connectivity index (χ1v) is 10.7. The molecule has 0 amide bonds. The summed E-state index contributed by atoms with van der Waals surface area (Å²) in [6.07, 6.45) is 3.97. The van der Waals surface area contributed by atoms with E-state index in [4.69, 9.17) is 9.73 Å². The molecule has 158 valence electrons. The summed E-state index contributed by atoms with van der Waals surface area (Å²) in [6, 6.07) is 14.6. The smallest absolute Gasteiger partial charge is 0.191 e. The predicted molar refractivity (Wildman–Crippen MR) is 119 cm³/mol. The predicted octanol–water partition coefficient (Wildman–Crippen LogP) is 2.84. The van der Waals surface area contributed by atoms with Gasteiger partial charge in [0.2, 0.25) is 0 Å². The zero-order chi connectivity index (χ0) is 20.8. The molecule has 7 heteroatoms. The lowest BCUT2D eigenvalue weighted by Crippen LogP contribution is -2.48. The van der Waals surface area contributed by atoms with Crippen molar-refractivity contribution in [2.45, 2.75) is 38.6 Å². The highest BCUT2D eigenvalue weighted by atomic mass is 16.5. The molecule has 1 aliphatic heterocycles. The maximum absolute atomic E-state index is 5.69. The fourth-order valence-electron chi connectivity index (χ4n) is 4.21. The molecule has 3 heterocycles. The van der Waals surface area contributed by atoms with Gasteiger partial charge in [-0.1, -0.05) is 30.3 Å². The number of aliphatic imine (C=N–C) groups is 1. The van der Waals surface area contributed by atoms with E-state index in [9.17, 15) is 0 Å². The standard InChI is InChI=1S/C23H30N6O/c1-3-24-22(25-16-21-28-27-20-10-6-7-13-29(20)21)26-17-23(11-14-30-15-12-23)19-9-5-4-8-18(19)2/h4-10,13H,3,11-12,14-17H2,1-2H3,(H2,24,25,26). The third kappa shape index (κ3) is 4.31. The largest absolute Gasteiger partial charge is 0.381 e. The maximum Gasteiger partial charge on any atom is 0.191 e. The van der Waals surface area contributed by atoms with Crippen LogP contribution in [0.5, 0.6) is 0 Å². The van der Waals surface area contributed by atoms with Gasteiger partial charge < -0.3 is 15.4 Å². The van der Waals surface area contributed by atoms with Gasteiger partial charge in [-0.25, -0.2) is 4.99 Å². The second-order valence-corrected chi connectivity index (χ2v) is 7.80. The number of nitrogens with one attached hydrogen (secondary N) is 2. The number of hydrogen-bond acceptors (Lipinski definition) is 4. The van der Waals surface area contributed by atoms with Gasteiger partial charge in [0.05, 0.1) is 0 Å². The minimum Gasteiger partial charge on any atom is -0.381 e. The molecule has 4 rings (SSSR count). The topological polar surface area (TPSA) is 75.8 Å². The van der Waals surface area contributed by atoms with Crippen molar-refractivity contribution in [3.05, 3.63) is 65.6 Å². The summed E-state index contributed by atoms with van der Waals surface area (Å²) >= 11 is 0. The Labute approximate surface area is 177 Å². The third-order valence-corrected chi connectivity index (χ3v) is 5.87. The lowest BCUT2D eigenvalue weighted by Gasteiger charge is -2.39. The van der Waals surface area contributed by atoms with Gasteiger partial charge in [-0.15, -0.1) is 10.2 Å². The van der Waals surface area contributed by atoms with Crippen LogP contribution >= 0.6 is 0 Å². The summed E-state index contributed by atoms with van der Waals surface area (Å²) in [4.78, 5) is 4.78. The van der Waals surface area contributed by atoms with Crippen LogP contribution in [-0.4, -0.2) is 46.9 Å². The van der Waals surface area contributed by atoms with E-state index in [1.54, 1.807) is 0 Å². The van der Waals surface area contributed by atoms with E-state index in [-0.39, 0.29) is 5.41 Å². The van der Waals surface area contributed by atoms with Crippen LogP contribution < -0.4 is 10.6 Å². The van der Waals surface area contributed by atoms with Gasteiger partial charge in [0, 0.05) is 37.9 Å². The molecule has 30 heavy (non-hydrogen) atoms. The number of rotatable bonds is 6. The highest BCUT2D eigenvalue weighted by Gasteiger charge is 2.35. The van der Waals surface area contributed by atoms with Crippen molar-refractivity contribution < 1.29 is 4.74 Å². The van der Waals surface area contributed by atoms with Crippen molar-refractivity contribution in [2.24, 2.45) is 4.99 Å². The molecule has 0 unspecified atom stereocenters. The minimum atomic E-state index is 0.0430. The molecule has 1 saturated heterocycles. The number of aryl methyl sites for hydroxylation is 1. The molecular weight excluding hydrogens is 376 g/mol. The Hall–Kier alpha value is -2.93. The van der Waals surface area contributed by atoms with Crippen LogP contribution in [0.2, 0.25) is 0 Å². The molecule has 0 spiro atoms. The van der Waals surface area contributed by atoms with Crippen molar-refractivity contribution in [1.29, 1.82) is 0 Å². The van der Waals surface area contributed by atoms with Crippen LogP contribution in [0.25, 0.3) is 5.65 Å². The number of benzene rings is 1. The van der Waals surface area contributed by atoms with Gasteiger partial charge in [-0.2, -0.15) is 0 Å². The van der Waals surface area contributed by atoms with Crippen LogP contribution in [0.3, 0.4) is 0 Å². The molecule has 0 radical (unpaired) electrons. The molecule has 0 bridgehead atoms. The molecule has 2 N–H and O–H groups in total. The Morgan fingerprint density at radius 2 is 1.90 bits per heavy atom. The van der Waals surface area contributed by atoms with E-state index in [1.807, 2.05) is 28.8 Å². The van der Waals surface area contributed by atoms with Crippen molar-refractivity contribution in [3.8, 4) is 0 Å². The van der Waals surface area contributed by atoms with E-state index in [0.29, 0.717) is 6.54 Å². The van der Waals surface area contributed by atoms with Gasteiger partial charge >= 0.3 is 0 Å². The average Bonchev–Trinajstić information content (AvgIpc) is 3.20. The van der Waals surface area contributed by atoms with Crippen molar-refractivity contribution in [2.75, 3.05) is 26.3 Å². The zero-order valence-electron chi connectivity index (χ0n) is 17.8. The van der Waals surface area contributed by atoms with E-state index < -0.39 is 0 Å². The zero-order valence-corrected chi connectivity index (χ0v) is 17.8. The van der Waals surface area contributed by atoms with E-state index in [1.165, 1.54) is 11.1 Å². The van der Waals surface area contributed by atoms with E-state index in [2.05, 4.69) is 58.9 Å². The Morgan fingerprint density at radius 1 is 1.10 bits per heavy atom. The molecule has 0 saturated carbocycles. The van der Waals surface area contributed by atoms with Gasteiger partial charge in [-0.3, -0.25) is 4.40 Å². The molecular formula is C23H30N6O. The normalized spacial score (nSPS) is 16.5. The number of pyridine rings is 1. The van der Waals surface area contributed by atoms with Crippen molar-refractivity contribution in [1.82, 2.24) is 25.2 Å². The number of aromatic nitrogens is 3. The summed E-state index contributed by atoms with van der Waals surface area (Å²) in [6.45, 7) is 7.92. The second-order valence-electron chi connectivity index (χ2n) is 7.80. The monoisotopic (exact) mass is 406 g/mol. The van der Waals surface area contributed by atoms with Crippen LogP contribution in [-0.2, 0) is 16.7 Å². The Kier molecular flexibility index (Phi) is 6.28. The minimum absolute atomic E-state index is 0.0430. The molecule has 1 aliphatic rings. The number of hydrogen-bond donors (Lipinski definition) is 2. The van der Waals surface area contributed by atoms with Crippen LogP contribution in [0.4, 0.5) is 0 Å². The Balaban J connectivity index is 1.53. The van der Waals surface area contributed by atoms with Gasteiger partial charge in [0.1, 0.15) is 6.54 Å². The third-order valence-electron chi connectivity index (χ3n) is 5.87. The van der Waals surface area contributed by atoms with Gasteiger partial charge in [0.25, 0.3) is 0 Å².